The predicted octanol–water partition coefficient (Wildman–Crippen LogP) is 4.51. The topological polar surface area (TPSA) is 75.1 Å². The molecule has 26 heavy (non-hydrogen) atoms. The third-order valence-corrected chi connectivity index (χ3v) is 5.93. The number of hydrogen-bond acceptors (Lipinski definition) is 5. The minimum absolute atomic E-state index is 0.485. The smallest absolute Gasteiger partial charge is 0.326 e. The van der Waals surface area contributed by atoms with Gasteiger partial charge in [-0.05, 0) is 48.8 Å². The van der Waals surface area contributed by atoms with Gasteiger partial charge in [-0.1, -0.05) is 25.1 Å². The second kappa shape index (κ2) is 7.03. The Morgan fingerprint density at radius 1 is 1.27 bits per heavy atom. The summed E-state index contributed by atoms with van der Waals surface area (Å²) in [4.78, 5) is 21.0. The fraction of sp³-hybridized carbons (Fsp3) is 0.350. The molecule has 0 saturated heterocycles. The van der Waals surface area contributed by atoms with Crippen molar-refractivity contribution in [3.63, 3.8) is 0 Å². The minimum atomic E-state index is -0.871. The quantitative estimate of drug-likeness (QED) is 0.694. The molecule has 0 amide bonds. The number of thiophene rings is 1. The van der Waals surface area contributed by atoms with Crippen LogP contribution in [0.5, 0.6) is 0 Å². The lowest BCUT2D eigenvalue weighted by atomic mass is 9.89. The van der Waals surface area contributed by atoms with E-state index in [1.54, 1.807) is 11.3 Å². The van der Waals surface area contributed by atoms with Gasteiger partial charge in [-0.3, -0.25) is 0 Å². The molecule has 0 radical (unpaired) electrons. The van der Waals surface area contributed by atoms with Gasteiger partial charge in [0, 0.05) is 10.9 Å². The average molecular weight is 367 g/mol. The Morgan fingerprint density at radius 3 is 2.85 bits per heavy atom. The van der Waals surface area contributed by atoms with Crippen LogP contribution in [-0.4, -0.2) is 27.1 Å². The fourth-order valence-corrected chi connectivity index (χ4v) is 4.52. The first-order chi connectivity index (χ1) is 12.7. The van der Waals surface area contributed by atoms with E-state index < -0.39 is 12.0 Å². The number of hydrogen-bond donors (Lipinski definition) is 2. The van der Waals surface area contributed by atoms with E-state index in [1.807, 2.05) is 6.92 Å². The maximum absolute atomic E-state index is 11.4. The molecule has 0 spiro atoms. The molecule has 0 bridgehead atoms. The van der Waals surface area contributed by atoms with E-state index in [9.17, 15) is 9.90 Å². The zero-order valence-corrected chi connectivity index (χ0v) is 15.5. The van der Waals surface area contributed by atoms with Gasteiger partial charge in [0.25, 0.3) is 0 Å². The Kier molecular flexibility index (Phi) is 4.59. The summed E-state index contributed by atoms with van der Waals surface area (Å²) in [6.45, 7) is 1.85. The maximum Gasteiger partial charge on any atom is 0.326 e. The molecule has 6 heteroatoms. The average Bonchev–Trinajstić information content (AvgIpc) is 3.10. The number of rotatable bonds is 5. The summed E-state index contributed by atoms with van der Waals surface area (Å²) in [7, 11) is 0. The monoisotopic (exact) mass is 367 g/mol. The molecular formula is C20H21N3O2S. The number of carbonyl (C=O) groups is 1. The lowest BCUT2D eigenvalue weighted by Crippen LogP contribution is -2.28. The first kappa shape index (κ1) is 17.0. The van der Waals surface area contributed by atoms with E-state index in [0.717, 1.165) is 34.2 Å². The van der Waals surface area contributed by atoms with Crippen molar-refractivity contribution in [2.24, 2.45) is 0 Å². The summed E-state index contributed by atoms with van der Waals surface area (Å²) >= 11 is 1.56. The number of aliphatic carboxylic acids is 1. The summed E-state index contributed by atoms with van der Waals surface area (Å²) in [5.74, 6) is -0.275. The molecule has 0 fully saturated rings. The standard InChI is InChI=1S/C20H21N3O2S/c1-2-16(20(24)25)23-18-17-15(10-26-19(17)22-11-21-18)14-8-7-12-5-3-4-6-13(12)9-14/h7-11,16H,2-6H2,1H3,(H,24,25)(H,21,22,23). The summed E-state index contributed by atoms with van der Waals surface area (Å²) in [6.07, 6.45) is 6.78. The van der Waals surface area contributed by atoms with E-state index in [1.165, 1.54) is 30.3 Å². The van der Waals surface area contributed by atoms with Gasteiger partial charge in [-0.25, -0.2) is 14.8 Å². The highest BCUT2D eigenvalue weighted by molar-refractivity contribution is 7.17. The summed E-state index contributed by atoms with van der Waals surface area (Å²) < 4.78 is 0. The molecule has 1 aliphatic carbocycles. The number of carboxylic acids is 1. The molecule has 4 rings (SSSR count). The normalized spacial score (nSPS) is 14.8. The lowest BCUT2D eigenvalue weighted by molar-refractivity contribution is -0.137. The van der Waals surface area contributed by atoms with Gasteiger partial charge in [-0.2, -0.15) is 0 Å². The van der Waals surface area contributed by atoms with Gasteiger partial charge >= 0.3 is 5.97 Å². The van der Waals surface area contributed by atoms with Crippen LogP contribution in [0.25, 0.3) is 21.3 Å². The summed E-state index contributed by atoms with van der Waals surface area (Å²) in [6, 6.07) is 6.01. The largest absolute Gasteiger partial charge is 0.480 e. The predicted molar refractivity (Wildman–Crippen MR) is 105 cm³/mol. The van der Waals surface area contributed by atoms with Crippen LogP contribution in [0.2, 0.25) is 0 Å². The number of benzene rings is 1. The van der Waals surface area contributed by atoms with Crippen LogP contribution in [0, 0.1) is 0 Å². The van der Waals surface area contributed by atoms with Gasteiger partial charge in [0.05, 0.1) is 5.39 Å². The van der Waals surface area contributed by atoms with Crippen molar-refractivity contribution in [2.75, 3.05) is 5.32 Å². The van der Waals surface area contributed by atoms with Crippen LogP contribution in [0.4, 0.5) is 5.82 Å². The zero-order valence-electron chi connectivity index (χ0n) is 14.7. The number of fused-ring (bicyclic) bond motifs is 2. The Labute approximate surface area is 156 Å². The van der Waals surface area contributed by atoms with Gasteiger partial charge in [0.1, 0.15) is 23.0 Å². The Hall–Kier alpha value is -2.47. The molecule has 1 aromatic carbocycles. The van der Waals surface area contributed by atoms with Crippen LogP contribution in [0.1, 0.15) is 37.3 Å². The van der Waals surface area contributed by atoms with Gasteiger partial charge in [0.15, 0.2) is 0 Å². The molecule has 1 aliphatic rings. The zero-order chi connectivity index (χ0) is 18.1. The first-order valence-electron chi connectivity index (χ1n) is 9.01. The van der Waals surface area contributed by atoms with E-state index in [0.29, 0.717) is 12.2 Å². The van der Waals surface area contributed by atoms with Gasteiger partial charge in [0.2, 0.25) is 0 Å². The molecular weight excluding hydrogens is 346 g/mol. The Balaban J connectivity index is 1.80. The van der Waals surface area contributed by atoms with Gasteiger partial charge < -0.3 is 10.4 Å². The van der Waals surface area contributed by atoms with Crippen molar-refractivity contribution in [1.29, 1.82) is 0 Å². The Morgan fingerprint density at radius 2 is 2.08 bits per heavy atom. The van der Waals surface area contributed by atoms with Crippen molar-refractivity contribution in [2.45, 2.75) is 45.1 Å². The van der Waals surface area contributed by atoms with Crippen molar-refractivity contribution < 1.29 is 9.90 Å². The SMILES string of the molecule is CCC(Nc1ncnc2scc(-c3ccc4c(c3)CCCC4)c12)C(=O)O. The molecule has 0 saturated carbocycles. The van der Waals surface area contributed by atoms with Crippen molar-refractivity contribution >= 4 is 33.3 Å². The van der Waals surface area contributed by atoms with Crippen LogP contribution >= 0.6 is 11.3 Å². The van der Waals surface area contributed by atoms with E-state index in [2.05, 4.69) is 38.9 Å². The molecule has 1 atom stereocenters. The number of anilines is 1. The molecule has 1 unspecified atom stereocenters. The van der Waals surface area contributed by atoms with E-state index in [-0.39, 0.29) is 0 Å². The summed E-state index contributed by atoms with van der Waals surface area (Å²) in [5.41, 5.74) is 5.10. The number of carboxylic acid groups (broad SMARTS) is 1. The molecule has 2 aromatic heterocycles. The third-order valence-electron chi connectivity index (χ3n) is 5.05. The van der Waals surface area contributed by atoms with Crippen molar-refractivity contribution in [3.8, 4) is 11.1 Å². The van der Waals surface area contributed by atoms with Gasteiger partial charge in [-0.15, -0.1) is 11.3 Å². The number of aryl methyl sites for hydroxylation is 2. The van der Waals surface area contributed by atoms with E-state index >= 15 is 0 Å². The van der Waals surface area contributed by atoms with Crippen LogP contribution in [-0.2, 0) is 17.6 Å². The highest BCUT2D eigenvalue weighted by Gasteiger charge is 2.20. The van der Waals surface area contributed by atoms with Crippen molar-refractivity contribution in [3.05, 3.63) is 41.0 Å². The summed E-state index contributed by atoms with van der Waals surface area (Å²) in [5, 5.41) is 15.5. The van der Waals surface area contributed by atoms with E-state index in [4.69, 9.17) is 0 Å². The number of nitrogens with one attached hydrogen (secondary N) is 1. The highest BCUT2D eigenvalue weighted by Crippen LogP contribution is 2.38. The molecule has 2 heterocycles. The lowest BCUT2D eigenvalue weighted by Gasteiger charge is -2.17. The second-order valence-corrected chi connectivity index (χ2v) is 7.54. The second-order valence-electron chi connectivity index (χ2n) is 6.69. The molecule has 2 N–H and O–H groups in total. The highest BCUT2D eigenvalue weighted by atomic mass is 32.1. The molecule has 134 valence electrons. The fourth-order valence-electron chi connectivity index (χ4n) is 3.60. The Bertz CT molecular complexity index is 967. The van der Waals surface area contributed by atoms with Crippen molar-refractivity contribution in [1.82, 2.24) is 9.97 Å². The van der Waals surface area contributed by atoms with Crippen LogP contribution in [0.3, 0.4) is 0 Å². The van der Waals surface area contributed by atoms with Crippen LogP contribution < -0.4 is 5.32 Å². The third kappa shape index (κ3) is 3.05. The maximum atomic E-state index is 11.4. The first-order valence-corrected chi connectivity index (χ1v) is 9.89. The van der Waals surface area contributed by atoms with Crippen LogP contribution in [0.15, 0.2) is 29.9 Å². The number of nitrogens with zero attached hydrogens (tertiary/aromatic N) is 2. The minimum Gasteiger partial charge on any atom is -0.480 e. The number of aromatic nitrogens is 2. The molecule has 5 nitrogen and oxygen atoms in total. The molecule has 3 aromatic rings. The molecule has 0 aliphatic heterocycles.